The van der Waals surface area contributed by atoms with Gasteiger partial charge in [-0.25, -0.2) is 0 Å². The van der Waals surface area contributed by atoms with Gasteiger partial charge in [0.15, 0.2) is 0 Å². The summed E-state index contributed by atoms with van der Waals surface area (Å²) >= 11 is 7.21. The Morgan fingerprint density at radius 1 is 1.35 bits per heavy atom. The molecule has 0 aliphatic rings. The smallest absolute Gasteiger partial charge is 0.265 e. The summed E-state index contributed by atoms with van der Waals surface area (Å²) in [6.45, 7) is 0.659. The Morgan fingerprint density at radius 2 is 2.00 bits per heavy atom. The van der Waals surface area contributed by atoms with E-state index in [1.54, 1.807) is 20.2 Å². The molecule has 1 aromatic heterocycles. The molecule has 0 spiro atoms. The number of carbonyl (C=O) groups is 1. The second-order valence-corrected chi connectivity index (χ2v) is 6.06. The first kappa shape index (κ1) is 14.7. The highest BCUT2D eigenvalue weighted by molar-refractivity contribution is 7.18. The fourth-order valence-electron chi connectivity index (χ4n) is 1.65. The maximum atomic E-state index is 11.9. The van der Waals surface area contributed by atoms with Crippen molar-refractivity contribution in [2.75, 3.05) is 25.1 Å². The molecule has 4 nitrogen and oxygen atoms in total. The number of anilines is 2. The van der Waals surface area contributed by atoms with E-state index in [0.29, 0.717) is 22.1 Å². The quantitative estimate of drug-likeness (QED) is 0.911. The predicted octanol–water partition coefficient (Wildman–Crippen LogP) is 3.30. The van der Waals surface area contributed by atoms with Crippen LogP contribution in [-0.2, 0) is 6.54 Å². The number of rotatable bonds is 4. The number of nitrogen functional groups attached to an aromatic ring is 1. The minimum atomic E-state index is -0.0768. The van der Waals surface area contributed by atoms with Gasteiger partial charge in [0.2, 0.25) is 0 Å². The third-order valence-electron chi connectivity index (χ3n) is 2.74. The Morgan fingerprint density at radius 3 is 2.60 bits per heavy atom. The van der Waals surface area contributed by atoms with Crippen LogP contribution in [0.15, 0.2) is 30.3 Å². The van der Waals surface area contributed by atoms with Crippen molar-refractivity contribution >= 4 is 39.5 Å². The molecule has 0 unspecified atom stereocenters. The highest BCUT2D eigenvalue weighted by Gasteiger charge is 2.15. The first-order chi connectivity index (χ1) is 9.47. The van der Waals surface area contributed by atoms with Crippen molar-refractivity contribution in [2.24, 2.45) is 0 Å². The third-order valence-corrected chi connectivity index (χ3v) is 4.09. The van der Waals surface area contributed by atoms with Crippen molar-refractivity contribution in [3.63, 3.8) is 0 Å². The van der Waals surface area contributed by atoms with Crippen LogP contribution in [-0.4, -0.2) is 24.9 Å². The van der Waals surface area contributed by atoms with E-state index in [0.717, 1.165) is 10.6 Å². The molecule has 1 aromatic carbocycles. The number of nitrogens with one attached hydrogen (secondary N) is 1. The molecule has 1 heterocycles. The van der Waals surface area contributed by atoms with Crippen molar-refractivity contribution in [2.45, 2.75) is 6.54 Å². The minimum Gasteiger partial charge on any atom is -0.397 e. The molecule has 2 rings (SSSR count). The molecule has 0 saturated carbocycles. The summed E-state index contributed by atoms with van der Waals surface area (Å²) in [7, 11) is 3.42. The van der Waals surface area contributed by atoms with E-state index in [9.17, 15) is 4.79 Å². The van der Waals surface area contributed by atoms with E-state index < -0.39 is 0 Å². The number of nitrogens with zero attached hydrogens (tertiary/aromatic N) is 1. The van der Waals surface area contributed by atoms with Crippen LogP contribution in [0.1, 0.15) is 15.2 Å². The van der Waals surface area contributed by atoms with Gasteiger partial charge in [0.25, 0.3) is 5.91 Å². The summed E-state index contributed by atoms with van der Waals surface area (Å²) in [6, 6.07) is 9.40. The third kappa shape index (κ3) is 3.43. The van der Waals surface area contributed by atoms with Crippen LogP contribution in [0, 0.1) is 0 Å². The first-order valence-corrected chi connectivity index (χ1v) is 7.26. The maximum Gasteiger partial charge on any atom is 0.265 e. The Kier molecular flexibility index (Phi) is 4.52. The van der Waals surface area contributed by atoms with Gasteiger partial charge in [-0.15, -0.1) is 11.3 Å². The largest absolute Gasteiger partial charge is 0.397 e. The maximum absolute atomic E-state index is 11.9. The summed E-state index contributed by atoms with van der Waals surface area (Å²) in [6.07, 6.45) is 0. The van der Waals surface area contributed by atoms with Crippen LogP contribution in [0.3, 0.4) is 0 Å². The summed E-state index contributed by atoms with van der Waals surface area (Å²) in [5.74, 6) is -0.0768. The highest BCUT2D eigenvalue weighted by atomic mass is 35.5. The molecule has 0 atom stereocenters. The summed E-state index contributed by atoms with van der Waals surface area (Å²) in [5.41, 5.74) is 7.49. The van der Waals surface area contributed by atoms with Crippen LogP contribution in [0.5, 0.6) is 0 Å². The van der Waals surface area contributed by atoms with Crippen molar-refractivity contribution < 1.29 is 4.79 Å². The van der Waals surface area contributed by atoms with Gasteiger partial charge in [0, 0.05) is 25.7 Å². The minimum absolute atomic E-state index is 0.0768. The van der Waals surface area contributed by atoms with Gasteiger partial charge < -0.3 is 16.0 Å². The number of amides is 1. The van der Waals surface area contributed by atoms with E-state index in [1.807, 2.05) is 24.3 Å². The molecule has 2 aromatic rings. The fourth-order valence-corrected chi connectivity index (χ4v) is 2.78. The molecular weight excluding hydrogens is 294 g/mol. The molecule has 106 valence electrons. The molecule has 1 amide bonds. The number of carbonyl (C=O) groups excluding carboxylic acids is 1. The first-order valence-electron chi connectivity index (χ1n) is 6.06. The Labute approximate surface area is 127 Å². The zero-order valence-electron chi connectivity index (χ0n) is 11.3. The lowest BCUT2D eigenvalue weighted by Gasteiger charge is -2.08. The fraction of sp³-hybridized carbons (Fsp3) is 0.214. The van der Waals surface area contributed by atoms with E-state index in [1.165, 1.54) is 16.2 Å². The molecule has 0 radical (unpaired) electrons. The number of thiophene rings is 1. The lowest BCUT2D eigenvalue weighted by Crippen LogP contribution is -2.21. The van der Waals surface area contributed by atoms with Gasteiger partial charge in [0.05, 0.1) is 10.7 Å². The highest BCUT2D eigenvalue weighted by Crippen LogP contribution is 2.30. The summed E-state index contributed by atoms with van der Waals surface area (Å²) in [4.78, 5) is 14.0. The SMILES string of the molecule is CN(C)C(=O)c1sc(NCc2ccc(Cl)cc2)cc1N. The number of hydrogen-bond donors (Lipinski definition) is 2. The molecule has 0 fully saturated rings. The molecule has 0 aliphatic heterocycles. The summed E-state index contributed by atoms with van der Waals surface area (Å²) in [5, 5.41) is 4.85. The molecule has 0 saturated heterocycles. The Bertz CT molecular complexity index is 607. The van der Waals surface area contributed by atoms with Crippen LogP contribution in [0.4, 0.5) is 10.7 Å². The predicted molar refractivity (Wildman–Crippen MR) is 85.5 cm³/mol. The summed E-state index contributed by atoms with van der Waals surface area (Å²) < 4.78 is 0. The molecule has 0 bridgehead atoms. The lowest BCUT2D eigenvalue weighted by atomic mass is 10.2. The van der Waals surface area contributed by atoms with E-state index in [-0.39, 0.29) is 5.91 Å². The van der Waals surface area contributed by atoms with Crippen LogP contribution in [0.25, 0.3) is 0 Å². The second-order valence-electron chi connectivity index (χ2n) is 4.57. The van der Waals surface area contributed by atoms with Gasteiger partial charge >= 0.3 is 0 Å². The molecule has 0 aliphatic carbocycles. The van der Waals surface area contributed by atoms with Gasteiger partial charge in [0.1, 0.15) is 4.88 Å². The molecule has 6 heteroatoms. The van der Waals surface area contributed by atoms with Crippen LogP contribution in [0.2, 0.25) is 5.02 Å². The monoisotopic (exact) mass is 309 g/mol. The van der Waals surface area contributed by atoms with E-state index in [4.69, 9.17) is 17.3 Å². The van der Waals surface area contributed by atoms with Crippen molar-refractivity contribution in [3.8, 4) is 0 Å². The van der Waals surface area contributed by atoms with Gasteiger partial charge in [-0.2, -0.15) is 0 Å². The van der Waals surface area contributed by atoms with Crippen LogP contribution < -0.4 is 11.1 Å². The van der Waals surface area contributed by atoms with Gasteiger partial charge in [-0.05, 0) is 23.8 Å². The molecule has 3 N–H and O–H groups in total. The lowest BCUT2D eigenvalue weighted by molar-refractivity contribution is 0.0833. The zero-order chi connectivity index (χ0) is 14.7. The molecular formula is C14H16ClN3OS. The number of benzene rings is 1. The number of hydrogen-bond acceptors (Lipinski definition) is 4. The average Bonchev–Trinajstić information content (AvgIpc) is 2.78. The second kappa shape index (κ2) is 6.15. The van der Waals surface area contributed by atoms with Gasteiger partial charge in [-0.1, -0.05) is 23.7 Å². The Hall–Kier alpha value is -1.72. The number of nitrogens with two attached hydrogens (primary N) is 1. The van der Waals surface area contributed by atoms with Gasteiger partial charge in [-0.3, -0.25) is 4.79 Å². The van der Waals surface area contributed by atoms with Crippen LogP contribution >= 0.6 is 22.9 Å². The van der Waals surface area contributed by atoms with E-state index in [2.05, 4.69) is 5.32 Å². The van der Waals surface area contributed by atoms with Crippen molar-refractivity contribution in [3.05, 3.63) is 45.8 Å². The van der Waals surface area contributed by atoms with Crippen molar-refractivity contribution in [1.29, 1.82) is 0 Å². The van der Waals surface area contributed by atoms with Crippen molar-refractivity contribution in [1.82, 2.24) is 4.90 Å². The average molecular weight is 310 g/mol. The Balaban J connectivity index is 2.05. The topological polar surface area (TPSA) is 58.4 Å². The molecule has 20 heavy (non-hydrogen) atoms. The number of halogens is 1. The van der Waals surface area contributed by atoms with E-state index >= 15 is 0 Å². The standard InChI is InChI=1S/C14H16ClN3OS/c1-18(2)14(19)13-11(16)7-12(20-13)17-8-9-3-5-10(15)6-4-9/h3-7,17H,8,16H2,1-2H3. The normalized spacial score (nSPS) is 10.3. The zero-order valence-corrected chi connectivity index (χ0v) is 12.9.